The summed E-state index contributed by atoms with van der Waals surface area (Å²) in [5, 5.41) is 0. The zero-order valence-corrected chi connectivity index (χ0v) is 11.1. The molecule has 1 heterocycles. The number of nitrogens with zero attached hydrogens (tertiary/aromatic N) is 1. The molecule has 1 aliphatic heterocycles. The molecule has 3 rings (SSSR count). The topological polar surface area (TPSA) is 47.6 Å². The summed E-state index contributed by atoms with van der Waals surface area (Å²) in [6.07, 6.45) is 0. The average Bonchev–Trinajstić information content (AvgIpc) is 2.41. The van der Waals surface area contributed by atoms with E-state index in [-0.39, 0.29) is 6.02 Å². The van der Waals surface area contributed by atoms with E-state index in [1.165, 1.54) is 5.56 Å². The SMILES string of the molecule is Cc1ccc2c(c1)[C@@](C)(c1ccccc1)OC(N)=N2. The molecule has 3 heteroatoms. The lowest BCUT2D eigenvalue weighted by molar-refractivity contribution is 0.111. The lowest BCUT2D eigenvalue weighted by atomic mass is 9.85. The highest BCUT2D eigenvalue weighted by Gasteiger charge is 2.37. The van der Waals surface area contributed by atoms with Gasteiger partial charge in [-0.25, -0.2) is 0 Å². The predicted octanol–water partition coefficient (Wildman–Crippen LogP) is 3.23. The summed E-state index contributed by atoms with van der Waals surface area (Å²) in [6.45, 7) is 4.09. The largest absolute Gasteiger partial charge is 0.449 e. The highest BCUT2D eigenvalue weighted by atomic mass is 16.5. The zero-order valence-electron chi connectivity index (χ0n) is 11.1. The van der Waals surface area contributed by atoms with Crippen molar-refractivity contribution in [2.75, 3.05) is 0 Å². The van der Waals surface area contributed by atoms with E-state index >= 15 is 0 Å². The van der Waals surface area contributed by atoms with Crippen LogP contribution in [0.25, 0.3) is 0 Å². The molecule has 1 atom stereocenters. The molecular weight excluding hydrogens is 236 g/mol. The summed E-state index contributed by atoms with van der Waals surface area (Å²) < 4.78 is 5.87. The molecule has 1 aliphatic rings. The quantitative estimate of drug-likeness (QED) is 0.847. The van der Waals surface area contributed by atoms with E-state index < -0.39 is 5.60 Å². The first-order valence-electron chi connectivity index (χ1n) is 6.29. The fourth-order valence-corrected chi connectivity index (χ4v) is 2.51. The maximum absolute atomic E-state index is 5.87. The molecule has 0 aromatic heterocycles. The highest BCUT2D eigenvalue weighted by molar-refractivity contribution is 5.80. The number of aryl methyl sites for hydroxylation is 1. The third-order valence-corrected chi connectivity index (χ3v) is 3.53. The Morgan fingerprint density at radius 3 is 2.58 bits per heavy atom. The Morgan fingerprint density at radius 1 is 1.11 bits per heavy atom. The van der Waals surface area contributed by atoms with Crippen LogP contribution < -0.4 is 5.73 Å². The van der Waals surface area contributed by atoms with E-state index in [0.717, 1.165) is 16.8 Å². The summed E-state index contributed by atoms with van der Waals surface area (Å²) in [7, 11) is 0. The van der Waals surface area contributed by atoms with Crippen molar-refractivity contribution in [1.29, 1.82) is 0 Å². The number of hydrogen-bond donors (Lipinski definition) is 1. The number of rotatable bonds is 1. The van der Waals surface area contributed by atoms with Crippen LogP contribution >= 0.6 is 0 Å². The number of aliphatic imine (C=N–C) groups is 1. The fourth-order valence-electron chi connectivity index (χ4n) is 2.51. The van der Waals surface area contributed by atoms with Crippen LogP contribution in [0.3, 0.4) is 0 Å². The van der Waals surface area contributed by atoms with Crippen LogP contribution in [0.15, 0.2) is 53.5 Å². The van der Waals surface area contributed by atoms with Crippen molar-refractivity contribution in [2.45, 2.75) is 19.4 Å². The van der Waals surface area contributed by atoms with Crippen LogP contribution in [0.4, 0.5) is 5.69 Å². The van der Waals surface area contributed by atoms with Crippen LogP contribution in [-0.2, 0) is 10.3 Å². The first kappa shape index (κ1) is 11.8. The molecular formula is C16H16N2O. The van der Waals surface area contributed by atoms with Gasteiger partial charge in [0, 0.05) is 5.56 Å². The van der Waals surface area contributed by atoms with E-state index in [0.29, 0.717) is 0 Å². The van der Waals surface area contributed by atoms with Crippen molar-refractivity contribution < 1.29 is 4.74 Å². The van der Waals surface area contributed by atoms with E-state index in [9.17, 15) is 0 Å². The minimum absolute atomic E-state index is 0.211. The third kappa shape index (κ3) is 1.87. The molecule has 0 unspecified atom stereocenters. The second-order valence-corrected chi connectivity index (χ2v) is 4.97. The van der Waals surface area contributed by atoms with Gasteiger partial charge in [-0.2, -0.15) is 4.99 Å². The van der Waals surface area contributed by atoms with Crippen LogP contribution in [0.2, 0.25) is 0 Å². The van der Waals surface area contributed by atoms with Gasteiger partial charge in [-0.3, -0.25) is 0 Å². The first-order valence-corrected chi connectivity index (χ1v) is 6.29. The summed E-state index contributed by atoms with van der Waals surface area (Å²) in [5.74, 6) is 0. The van der Waals surface area contributed by atoms with Gasteiger partial charge in [-0.05, 0) is 31.5 Å². The van der Waals surface area contributed by atoms with Gasteiger partial charge in [-0.15, -0.1) is 0 Å². The smallest absolute Gasteiger partial charge is 0.288 e. The van der Waals surface area contributed by atoms with Gasteiger partial charge in [0.15, 0.2) is 5.60 Å². The molecule has 0 bridgehead atoms. The molecule has 2 aromatic carbocycles. The lowest BCUT2D eigenvalue weighted by Gasteiger charge is -2.35. The fraction of sp³-hybridized carbons (Fsp3) is 0.188. The Kier molecular flexibility index (Phi) is 2.56. The van der Waals surface area contributed by atoms with Gasteiger partial charge in [0.05, 0.1) is 5.69 Å². The number of fused-ring (bicyclic) bond motifs is 1. The van der Waals surface area contributed by atoms with Crippen molar-refractivity contribution in [1.82, 2.24) is 0 Å². The van der Waals surface area contributed by atoms with Crippen molar-refractivity contribution in [3.8, 4) is 0 Å². The molecule has 2 aromatic rings. The molecule has 2 N–H and O–H groups in total. The van der Waals surface area contributed by atoms with E-state index in [1.807, 2.05) is 49.4 Å². The lowest BCUT2D eigenvalue weighted by Crippen LogP contribution is -2.36. The normalized spacial score (nSPS) is 21.3. The van der Waals surface area contributed by atoms with Gasteiger partial charge in [-0.1, -0.05) is 42.0 Å². The maximum Gasteiger partial charge on any atom is 0.288 e. The average molecular weight is 252 g/mol. The molecule has 0 amide bonds. The molecule has 3 nitrogen and oxygen atoms in total. The molecule has 96 valence electrons. The van der Waals surface area contributed by atoms with Gasteiger partial charge >= 0.3 is 0 Å². The van der Waals surface area contributed by atoms with E-state index in [2.05, 4.69) is 18.0 Å². The summed E-state index contributed by atoms with van der Waals surface area (Å²) in [6, 6.07) is 16.4. The van der Waals surface area contributed by atoms with Crippen LogP contribution in [-0.4, -0.2) is 6.02 Å². The maximum atomic E-state index is 5.87. The van der Waals surface area contributed by atoms with Crippen molar-refractivity contribution >= 4 is 11.7 Å². The molecule has 0 spiro atoms. The monoisotopic (exact) mass is 252 g/mol. The molecule has 0 saturated heterocycles. The number of amidine groups is 1. The summed E-state index contributed by atoms with van der Waals surface area (Å²) in [5.41, 5.74) is 9.41. The highest BCUT2D eigenvalue weighted by Crippen LogP contribution is 2.41. The van der Waals surface area contributed by atoms with Crippen LogP contribution in [0.1, 0.15) is 23.6 Å². The Hall–Kier alpha value is -2.29. The Labute approximate surface area is 112 Å². The molecule has 0 radical (unpaired) electrons. The third-order valence-electron chi connectivity index (χ3n) is 3.53. The molecule has 0 fully saturated rings. The van der Waals surface area contributed by atoms with Gasteiger partial charge in [0.2, 0.25) is 0 Å². The number of benzene rings is 2. The zero-order chi connectivity index (χ0) is 13.5. The van der Waals surface area contributed by atoms with E-state index in [1.54, 1.807) is 0 Å². The Balaban J connectivity index is 2.24. The second-order valence-electron chi connectivity index (χ2n) is 4.97. The predicted molar refractivity (Wildman–Crippen MR) is 76.4 cm³/mol. The Morgan fingerprint density at radius 2 is 1.84 bits per heavy atom. The van der Waals surface area contributed by atoms with E-state index in [4.69, 9.17) is 10.5 Å². The van der Waals surface area contributed by atoms with Gasteiger partial charge < -0.3 is 10.5 Å². The minimum atomic E-state index is -0.589. The Bertz CT molecular complexity index is 649. The standard InChI is InChI=1S/C16H16N2O/c1-11-8-9-14-13(10-11)16(2,19-15(17)18-14)12-6-4-3-5-7-12/h3-10H,1-2H3,(H2,17,18)/t16-/m1/s1. The molecule has 19 heavy (non-hydrogen) atoms. The molecule has 0 aliphatic carbocycles. The van der Waals surface area contributed by atoms with Crippen LogP contribution in [0.5, 0.6) is 0 Å². The minimum Gasteiger partial charge on any atom is -0.449 e. The van der Waals surface area contributed by atoms with Gasteiger partial charge in [0.25, 0.3) is 6.02 Å². The van der Waals surface area contributed by atoms with Crippen molar-refractivity contribution in [3.63, 3.8) is 0 Å². The first-order chi connectivity index (χ1) is 9.09. The van der Waals surface area contributed by atoms with Gasteiger partial charge in [0.1, 0.15) is 0 Å². The van der Waals surface area contributed by atoms with Crippen molar-refractivity contribution in [3.05, 3.63) is 65.2 Å². The second kappa shape index (κ2) is 4.12. The number of hydrogen-bond acceptors (Lipinski definition) is 3. The summed E-state index contributed by atoms with van der Waals surface area (Å²) >= 11 is 0. The number of nitrogens with two attached hydrogens (primary N) is 1. The van der Waals surface area contributed by atoms with Crippen molar-refractivity contribution in [2.24, 2.45) is 10.7 Å². The van der Waals surface area contributed by atoms with Crippen LogP contribution in [0, 0.1) is 6.92 Å². The summed E-state index contributed by atoms with van der Waals surface area (Å²) in [4.78, 5) is 4.28. The number of ether oxygens (including phenoxy) is 1. The molecule has 0 saturated carbocycles.